The van der Waals surface area contributed by atoms with Crippen LogP contribution in [0.1, 0.15) is 32.4 Å². The van der Waals surface area contributed by atoms with Crippen LogP contribution in [-0.4, -0.2) is 31.8 Å². The fraction of sp³-hybridized carbons (Fsp3) is 0.600. The molecule has 1 aromatic rings. The molecule has 0 aromatic heterocycles. The number of ether oxygens (including phenoxy) is 2. The highest BCUT2D eigenvalue weighted by atomic mass is 32.2. The van der Waals surface area contributed by atoms with Crippen molar-refractivity contribution in [3.8, 4) is 11.5 Å². The molecular weight excluding hydrogens is 258 g/mol. The van der Waals surface area contributed by atoms with Crippen molar-refractivity contribution in [1.82, 2.24) is 5.32 Å². The van der Waals surface area contributed by atoms with Gasteiger partial charge in [0.15, 0.2) is 0 Å². The van der Waals surface area contributed by atoms with E-state index >= 15 is 0 Å². The van der Waals surface area contributed by atoms with Gasteiger partial charge in [-0.25, -0.2) is 0 Å². The first-order chi connectivity index (χ1) is 9.12. The Labute approximate surface area is 121 Å². The lowest BCUT2D eigenvalue weighted by molar-refractivity contribution is 0.393. The molecule has 0 aliphatic heterocycles. The highest BCUT2D eigenvalue weighted by Crippen LogP contribution is 2.31. The molecule has 0 amide bonds. The van der Waals surface area contributed by atoms with E-state index in [1.54, 1.807) is 14.2 Å². The minimum absolute atomic E-state index is 0.280. The van der Waals surface area contributed by atoms with E-state index < -0.39 is 0 Å². The summed E-state index contributed by atoms with van der Waals surface area (Å²) < 4.78 is 10.8. The third kappa shape index (κ3) is 4.96. The van der Waals surface area contributed by atoms with Crippen molar-refractivity contribution in [2.45, 2.75) is 32.1 Å². The van der Waals surface area contributed by atoms with Crippen LogP contribution in [0, 0.1) is 0 Å². The number of methoxy groups -OCH3 is 2. The first-order valence-corrected chi connectivity index (χ1v) is 7.74. The molecule has 1 N–H and O–H groups in total. The van der Waals surface area contributed by atoms with Crippen molar-refractivity contribution in [1.29, 1.82) is 0 Å². The van der Waals surface area contributed by atoms with Gasteiger partial charge in [-0.15, -0.1) is 0 Å². The Bertz CT molecular complexity index is 382. The summed E-state index contributed by atoms with van der Waals surface area (Å²) in [5.41, 5.74) is 1.16. The second-order valence-electron chi connectivity index (χ2n) is 4.60. The van der Waals surface area contributed by atoms with Gasteiger partial charge in [0.2, 0.25) is 0 Å². The third-order valence-corrected chi connectivity index (χ3v) is 4.05. The zero-order chi connectivity index (χ0) is 14.3. The van der Waals surface area contributed by atoms with Gasteiger partial charge in [0.25, 0.3) is 0 Å². The number of rotatable bonds is 8. The quantitative estimate of drug-likeness (QED) is 0.791. The topological polar surface area (TPSA) is 30.5 Å². The zero-order valence-corrected chi connectivity index (χ0v) is 13.3. The lowest BCUT2D eigenvalue weighted by atomic mass is 10.1. The molecule has 0 spiro atoms. The molecule has 0 aliphatic carbocycles. The summed E-state index contributed by atoms with van der Waals surface area (Å²) in [7, 11) is 3.40. The van der Waals surface area contributed by atoms with Gasteiger partial charge in [0.1, 0.15) is 11.5 Å². The molecule has 0 aliphatic rings. The summed E-state index contributed by atoms with van der Waals surface area (Å²) in [6, 6.07) is 6.24. The fourth-order valence-corrected chi connectivity index (χ4v) is 2.78. The van der Waals surface area contributed by atoms with Crippen LogP contribution in [0.15, 0.2) is 18.2 Å². The van der Waals surface area contributed by atoms with Crippen LogP contribution in [0.5, 0.6) is 11.5 Å². The van der Waals surface area contributed by atoms with E-state index in [1.165, 1.54) is 0 Å². The predicted molar refractivity (Wildman–Crippen MR) is 83.6 cm³/mol. The smallest absolute Gasteiger partial charge is 0.123 e. The highest BCUT2D eigenvalue weighted by Gasteiger charge is 2.17. The predicted octanol–water partition coefficient (Wildman–Crippen LogP) is 3.50. The van der Waals surface area contributed by atoms with Gasteiger partial charge >= 0.3 is 0 Å². The van der Waals surface area contributed by atoms with Crippen LogP contribution >= 0.6 is 11.8 Å². The van der Waals surface area contributed by atoms with E-state index in [0.29, 0.717) is 5.25 Å². The second kappa shape index (κ2) is 8.33. The Hall–Kier alpha value is -0.870. The summed E-state index contributed by atoms with van der Waals surface area (Å²) >= 11 is 1.95. The van der Waals surface area contributed by atoms with E-state index in [9.17, 15) is 0 Å². The summed E-state index contributed by atoms with van der Waals surface area (Å²) in [6.45, 7) is 7.50. The number of hydrogen-bond donors (Lipinski definition) is 1. The molecule has 0 saturated heterocycles. The summed E-state index contributed by atoms with van der Waals surface area (Å²) in [4.78, 5) is 0. The number of hydrogen-bond acceptors (Lipinski definition) is 4. The molecule has 1 rings (SSSR count). The molecule has 0 fully saturated rings. The zero-order valence-electron chi connectivity index (χ0n) is 12.5. The number of benzene rings is 1. The van der Waals surface area contributed by atoms with E-state index in [2.05, 4.69) is 32.2 Å². The Morgan fingerprint density at radius 2 is 1.95 bits per heavy atom. The van der Waals surface area contributed by atoms with Crippen molar-refractivity contribution in [2.24, 2.45) is 0 Å². The fourth-order valence-electron chi connectivity index (χ4n) is 1.91. The first kappa shape index (κ1) is 16.2. The van der Waals surface area contributed by atoms with Gasteiger partial charge in [-0.05, 0) is 30.0 Å². The maximum absolute atomic E-state index is 5.47. The molecule has 0 saturated carbocycles. The molecule has 1 aromatic carbocycles. The SMILES string of the molecule is CCNC(CSC(C)C)c1cc(OC)ccc1OC. The van der Waals surface area contributed by atoms with Gasteiger partial charge in [-0.1, -0.05) is 20.8 Å². The molecule has 0 radical (unpaired) electrons. The van der Waals surface area contributed by atoms with Crippen molar-refractivity contribution in [2.75, 3.05) is 26.5 Å². The monoisotopic (exact) mass is 283 g/mol. The van der Waals surface area contributed by atoms with Crippen LogP contribution in [-0.2, 0) is 0 Å². The highest BCUT2D eigenvalue weighted by molar-refractivity contribution is 7.99. The molecule has 4 heteroatoms. The molecule has 1 atom stereocenters. The lowest BCUT2D eigenvalue weighted by Crippen LogP contribution is -2.24. The van der Waals surface area contributed by atoms with Crippen LogP contribution in [0.3, 0.4) is 0 Å². The van der Waals surface area contributed by atoms with E-state index in [1.807, 2.05) is 23.9 Å². The molecular formula is C15H25NO2S. The number of nitrogens with one attached hydrogen (secondary N) is 1. The molecule has 0 bridgehead atoms. The average molecular weight is 283 g/mol. The van der Waals surface area contributed by atoms with E-state index in [-0.39, 0.29) is 6.04 Å². The first-order valence-electron chi connectivity index (χ1n) is 6.69. The molecule has 0 heterocycles. The second-order valence-corrected chi connectivity index (χ2v) is 6.21. The Kier molecular flexibility index (Phi) is 7.10. The normalized spacial score (nSPS) is 12.5. The van der Waals surface area contributed by atoms with Crippen LogP contribution < -0.4 is 14.8 Å². The van der Waals surface area contributed by atoms with Crippen molar-refractivity contribution in [3.63, 3.8) is 0 Å². The summed E-state index contributed by atoms with van der Waals surface area (Å²) in [6.07, 6.45) is 0. The largest absolute Gasteiger partial charge is 0.497 e. The van der Waals surface area contributed by atoms with E-state index in [4.69, 9.17) is 9.47 Å². The average Bonchev–Trinajstić information content (AvgIpc) is 2.42. The molecule has 3 nitrogen and oxygen atoms in total. The lowest BCUT2D eigenvalue weighted by Gasteiger charge is -2.22. The van der Waals surface area contributed by atoms with Gasteiger partial charge in [-0.3, -0.25) is 0 Å². The maximum Gasteiger partial charge on any atom is 0.123 e. The van der Waals surface area contributed by atoms with Crippen molar-refractivity contribution < 1.29 is 9.47 Å². The van der Waals surface area contributed by atoms with Gasteiger partial charge in [-0.2, -0.15) is 11.8 Å². The minimum atomic E-state index is 0.280. The molecule has 108 valence electrons. The number of thioether (sulfide) groups is 1. The maximum atomic E-state index is 5.47. The summed E-state index contributed by atoms with van der Waals surface area (Å²) in [5, 5.41) is 4.15. The third-order valence-electron chi connectivity index (χ3n) is 2.86. The van der Waals surface area contributed by atoms with Crippen molar-refractivity contribution >= 4 is 11.8 Å². The Morgan fingerprint density at radius 1 is 1.21 bits per heavy atom. The Morgan fingerprint density at radius 3 is 2.47 bits per heavy atom. The standard InChI is InChI=1S/C15H25NO2S/c1-6-16-14(10-19-11(2)3)13-9-12(17-4)7-8-15(13)18-5/h7-9,11,14,16H,6,10H2,1-5H3. The van der Waals surface area contributed by atoms with Gasteiger partial charge < -0.3 is 14.8 Å². The molecule has 19 heavy (non-hydrogen) atoms. The Balaban J connectivity index is 2.97. The minimum Gasteiger partial charge on any atom is -0.497 e. The van der Waals surface area contributed by atoms with Crippen molar-refractivity contribution in [3.05, 3.63) is 23.8 Å². The summed E-state index contributed by atoms with van der Waals surface area (Å²) in [5.74, 6) is 2.80. The van der Waals surface area contributed by atoms with E-state index in [0.717, 1.165) is 29.4 Å². The van der Waals surface area contributed by atoms with Crippen LogP contribution in [0.4, 0.5) is 0 Å². The molecule has 1 unspecified atom stereocenters. The van der Waals surface area contributed by atoms with Crippen LogP contribution in [0.25, 0.3) is 0 Å². The van der Waals surface area contributed by atoms with Crippen LogP contribution in [0.2, 0.25) is 0 Å². The van der Waals surface area contributed by atoms with Gasteiger partial charge in [0, 0.05) is 17.4 Å². The van der Waals surface area contributed by atoms with Gasteiger partial charge in [0.05, 0.1) is 14.2 Å².